The molecule has 0 radical (unpaired) electrons. The van der Waals surface area contributed by atoms with Gasteiger partial charge in [0, 0.05) is 25.3 Å². The second kappa shape index (κ2) is 9.71. The summed E-state index contributed by atoms with van der Waals surface area (Å²) in [6.07, 6.45) is 5.61. The number of nitrogens with zero attached hydrogens (tertiary/aromatic N) is 1. The van der Waals surface area contributed by atoms with E-state index in [1.54, 1.807) is 18.2 Å². The molecule has 1 atom stereocenters. The van der Waals surface area contributed by atoms with Crippen molar-refractivity contribution in [3.63, 3.8) is 0 Å². The third kappa shape index (κ3) is 5.79. The largest absolute Gasteiger partial charge is 0.347 e. The maximum Gasteiger partial charge on any atom is 0.313 e. The van der Waals surface area contributed by atoms with Crippen LogP contribution in [0.3, 0.4) is 0 Å². The van der Waals surface area contributed by atoms with Crippen LogP contribution in [0.2, 0.25) is 0 Å². The summed E-state index contributed by atoms with van der Waals surface area (Å²) in [5.41, 5.74) is 0.314. The molecule has 2 fully saturated rings. The van der Waals surface area contributed by atoms with E-state index in [1.165, 1.54) is 12.5 Å². The van der Waals surface area contributed by atoms with Crippen LogP contribution in [-0.2, 0) is 19.4 Å². The summed E-state index contributed by atoms with van der Waals surface area (Å²) in [4.78, 5) is 26.8. The molecule has 0 unspecified atom stereocenters. The second-order valence-electron chi connectivity index (χ2n) is 8.24. The number of carbonyl (C=O) groups excluding carboxylic acids is 2. The quantitative estimate of drug-likeness (QED) is 0.687. The van der Waals surface area contributed by atoms with Gasteiger partial charge in [0.15, 0.2) is 9.84 Å². The van der Waals surface area contributed by atoms with E-state index in [1.807, 2.05) is 0 Å². The lowest BCUT2D eigenvalue weighted by atomic mass is 10.0. The molecule has 7 nitrogen and oxygen atoms in total. The van der Waals surface area contributed by atoms with Crippen molar-refractivity contribution in [3.05, 3.63) is 24.3 Å². The lowest BCUT2D eigenvalue weighted by molar-refractivity contribution is -0.136. The highest BCUT2D eigenvalue weighted by molar-refractivity contribution is 7.92. The molecule has 1 aliphatic carbocycles. The van der Waals surface area contributed by atoms with E-state index < -0.39 is 21.7 Å². The highest BCUT2D eigenvalue weighted by atomic mass is 32.2. The molecule has 1 saturated heterocycles. The summed E-state index contributed by atoms with van der Waals surface area (Å²) in [5.74, 6) is -0.831. The number of hydrogen-bond acceptors (Lipinski definition) is 5. The number of likely N-dealkylation sites (tertiary alicyclic amines) is 1. The molecule has 2 aliphatic rings. The van der Waals surface area contributed by atoms with Crippen molar-refractivity contribution < 1.29 is 18.0 Å². The van der Waals surface area contributed by atoms with Crippen LogP contribution in [0.15, 0.2) is 29.2 Å². The van der Waals surface area contributed by atoms with Gasteiger partial charge in [-0.15, -0.1) is 0 Å². The van der Waals surface area contributed by atoms with Crippen molar-refractivity contribution in [1.29, 1.82) is 0 Å². The second-order valence-corrected chi connectivity index (χ2v) is 10.5. The maximum atomic E-state index is 12.7. The molecule has 1 aromatic carbocycles. The van der Waals surface area contributed by atoms with E-state index in [-0.39, 0.29) is 10.1 Å². The van der Waals surface area contributed by atoms with Crippen molar-refractivity contribution in [2.45, 2.75) is 55.6 Å². The summed E-state index contributed by atoms with van der Waals surface area (Å²) in [7, 11) is -3.41. The van der Waals surface area contributed by atoms with E-state index in [2.05, 4.69) is 22.5 Å². The maximum absolute atomic E-state index is 12.7. The molecule has 1 saturated carbocycles. The monoisotopic (exact) mass is 421 g/mol. The first-order chi connectivity index (χ1) is 13.9. The topological polar surface area (TPSA) is 95.6 Å². The lowest BCUT2D eigenvalue weighted by Gasteiger charge is -2.30. The number of benzene rings is 1. The normalized spacial score (nSPS) is 21.1. The molecule has 1 heterocycles. The summed E-state index contributed by atoms with van der Waals surface area (Å²) < 4.78 is 25.4. The van der Waals surface area contributed by atoms with Crippen LogP contribution in [0.1, 0.15) is 45.4 Å². The van der Waals surface area contributed by atoms with Gasteiger partial charge >= 0.3 is 11.8 Å². The highest BCUT2D eigenvalue weighted by Crippen LogP contribution is 2.30. The van der Waals surface area contributed by atoms with Gasteiger partial charge in [0.2, 0.25) is 0 Å². The number of piperidine rings is 1. The minimum Gasteiger partial charge on any atom is -0.347 e. The molecule has 0 aromatic heterocycles. The van der Waals surface area contributed by atoms with E-state index in [9.17, 15) is 18.0 Å². The standard InChI is InChI=1S/C21H31N3O4S/c1-16-6-5-12-24(15-16)13-11-22-20(25)21(26)23-17-7-4-10-19(14-17)29(27,28)18-8-2-3-9-18/h4,7,10,14,16,18H,2-3,5-6,8-9,11-13,15H2,1H3,(H,22,25)(H,23,26)/t16-/m0/s1. The Morgan fingerprint density at radius 3 is 2.59 bits per heavy atom. The number of sulfone groups is 1. The van der Waals surface area contributed by atoms with E-state index >= 15 is 0 Å². The molecule has 1 aromatic rings. The summed E-state index contributed by atoms with van der Waals surface area (Å²) in [5, 5.41) is 4.80. The predicted octanol–water partition coefficient (Wildman–Crippen LogP) is 2.19. The Balaban J connectivity index is 1.51. The Morgan fingerprint density at radius 1 is 1.10 bits per heavy atom. The molecule has 0 bridgehead atoms. The van der Waals surface area contributed by atoms with Crippen LogP contribution in [0.25, 0.3) is 0 Å². The third-order valence-electron chi connectivity index (χ3n) is 5.82. The molecule has 8 heteroatoms. The van der Waals surface area contributed by atoms with Gasteiger partial charge in [-0.3, -0.25) is 9.59 Å². The van der Waals surface area contributed by atoms with Gasteiger partial charge in [-0.1, -0.05) is 25.8 Å². The van der Waals surface area contributed by atoms with Gasteiger partial charge in [0.1, 0.15) is 0 Å². The molecule has 1 aliphatic heterocycles. The molecule has 29 heavy (non-hydrogen) atoms. The Hall–Kier alpha value is -1.93. The Labute approximate surface area is 173 Å². The van der Waals surface area contributed by atoms with Crippen LogP contribution < -0.4 is 10.6 Å². The third-order valence-corrected chi connectivity index (χ3v) is 8.08. The van der Waals surface area contributed by atoms with Crippen molar-refractivity contribution in [2.75, 3.05) is 31.5 Å². The number of amides is 2. The molecule has 2 N–H and O–H groups in total. The first kappa shape index (κ1) is 21.8. The fourth-order valence-corrected chi connectivity index (χ4v) is 6.13. The fourth-order valence-electron chi connectivity index (χ4n) is 4.23. The number of carbonyl (C=O) groups is 2. The number of nitrogens with one attached hydrogen (secondary N) is 2. The predicted molar refractivity (Wildman–Crippen MR) is 112 cm³/mol. The molecular formula is C21H31N3O4S. The van der Waals surface area contributed by atoms with Gasteiger partial charge in [-0.25, -0.2) is 8.42 Å². The minimum absolute atomic E-state index is 0.196. The van der Waals surface area contributed by atoms with E-state index in [0.717, 1.165) is 38.9 Å². The molecule has 160 valence electrons. The average Bonchev–Trinajstić information content (AvgIpc) is 3.24. The minimum atomic E-state index is -3.41. The Bertz CT molecular complexity index is 834. The Kier molecular flexibility index (Phi) is 7.29. The lowest BCUT2D eigenvalue weighted by Crippen LogP contribution is -2.42. The van der Waals surface area contributed by atoms with Crippen LogP contribution in [0.5, 0.6) is 0 Å². The molecule has 0 spiro atoms. The first-order valence-corrected chi connectivity index (χ1v) is 12.1. The molecular weight excluding hydrogens is 390 g/mol. The summed E-state index contributed by atoms with van der Waals surface area (Å²) >= 11 is 0. The van der Waals surface area contributed by atoms with E-state index in [0.29, 0.717) is 31.0 Å². The van der Waals surface area contributed by atoms with Crippen LogP contribution >= 0.6 is 0 Å². The van der Waals surface area contributed by atoms with Gasteiger partial charge in [-0.05, 0) is 56.3 Å². The van der Waals surface area contributed by atoms with E-state index in [4.69, 9.17) is 0 Å². The van der Waals surface area contributed by atoms with Gasteiger partial charge < -0.3 is 15.5 Å². The molecule has 2 amide bonds. The van der Waals surface area contributed by atoms with Crippen LogP contribution in [0, 0.1) is 5.92 Å². The zero-order valence-corrected chi connectivity index (χ0v) is 17.8. The zero-order chi connectivity index (χ0) is 20.9. The van der Waals surface area contributed by atoms with Crippen molar-refractivity contribution >= 4 is 27.3 Å². The smallest absolute Gasteiger partial charge is 0.313 e. The van der Waals surface area contributed by atoms with Crippen LogP contribution in [0.4, 0.5) is 5.69 Å². The fraction of sp³-hybridized carbons (Fsp3) is 0.619. The zero-order valence-electron chi connectivity index (χ0n) is 17.0. The Morgan fingerprint density at radius 2 is 1.86 bits per heavy atom. The summed E-state index contributed by atoms with van der Waals surface area (Å²) in [6.45, 7) is 5.39. The highest BCUT2D eigenvalue weighted by Gasteiger charge is 2.30. The van der Waals surface area contributed by atoms with Gasteiger partial charge in [-0.2, -0.15) is 0 Å². The molecule has 3 rings (SSSR count). The SMILES string of the molecule is C[C@H]1CCCN(CCNC(=O)C(=O)Nc2cccc(S(=O)(=O)C3CCCC3)c2)C1. The van der Waals surface area contributed by atoms with Crippen molar-refractivity contribution in [3.8, 4) is 0 Å². The van der Waals surface area contributed by atoms with Crippen LogP contribution in [-0.4, -0.2) is 56.6 Å². The number of rotatable bonds is 6. The number of hydrogen-bond donors (Lipinski definition) is 2. The van der Waals surface area contributed by atoms with Crippen molar-refractivity contribution in [1.82, 2.24) is 10.2 Å². The van der Waals surface area contributed by atoms with Gasteiger partial charge in [0.05, 0.1) is 10.1 Å². The van der Waals surface area contributed by atoms with Gasteiger partial charge in [0.25, 0.3) is 0 Å². The average molecular weight is 422 g/mol. The summed E-state index contributed by atoms with van der Waals surface area (Å²) in [6, 6.07) is 6.16. The first-order valence-electron chi connectivity index (χ1n) is 10.5. The van der Waals surface area contributed by atoms with Crippen molar-refractivity contribution in [2.24, 2.45) is 5.92 Å². The number of anilines is 1.